The number of hydrogen-bond acceptors (Lipinski definition) is 8. The molecule has 0 spiro atoms. The van der Waals surface area contributed by atoms with Crippen molar-refractivity contribution >= 4 is 15.6 Å². The van der Waals surface area contributed by atoms with Gasteiger partial charge in [0.05, 0.1) is 0 Å². The van der Waals surface area contributed by atoms with Gasteiger partial charge in [-0.15, -0.1) is 0 Å². The molecule has 0 saturated carbocycles. The third-order valence-electron chi connectivity index (χ3n) is 7.48. The Morgan fingerprint density at radius 3 is 1.31 bits per heavy atom. The molecule has 0 aliphatic rings. The maximum Gasteiger partial charge on any atom is 0.647 e. The fraction of sp³-hybridized carbons (Fsp3) is 0.231. The highest BCUT2D eigenvalue weighted by Crippen LogP contribution is 2.55. The second-order valence-corrected chi connectivity index (χ2v) is 14.5. The van der Waals surface area contributed by atoms with Gasteiger partial charge in [0, 0.05) is 6.07 Å². The summed E-state index contributed by atoms with van der Waals surface area (Å²) in [7, 11) is -8.80. The van der Waals surface area contributed by atoms with Crippen LogP contribution < -0.4 is 22.6 Å². The molecule has 1 unspecified atom stereocenters. The van der Waals surface area contributed by atoms with E-state index in [4.69, 9.17) is 27.1 Å². The molecule has 0 heterocycles. The van der Waals surface area contributed by atoms with E-state index in [1.807, 2.05) is 128 Å². The normalized spacial score (nSPS) is 13.5. The minimum Gasteiger partial charge on any atom is -0.386 e. The minimum absolute atomic E-state index is 0.0725. The van der Waals surface area contributed by atoms with Gasteiger partial charge >= 0.3 is 15.6 Å². The predicted octanol–water partition coefficient (Wildman–Crippen LogP) is 12.2. The van der Waals surface area contributed by atoms with Crippen molar-refractivity contribution in [2.24, 2.45) is 0 Å². The molecule has 1 atom stereocenters. The van der Waals surface area contributed by atoms with Gasteiger partial charge in [0.15, 0.2) is 0 Å². The molecule has 8 nitrogen and oxygen atoms in total. The van der Waals surface area contributed by atoms with Gasteiger partial charge in [0.25, 0.3) is 0 Å². The largest absolute Gasteiger partial charge is 0.647 e. The van der Waals surface area contributed by atoms with Crippen LogP contribution in [0.25, 0.3) is 0 Å². The summed E-state index contributed by atoms with van der Waals surface area (Å²) < 4.78 is 65.5. The van der Waals surface area contributed by atoms with E-state index in [0.29, 0.717) is 28.6 Å². The van der Waals surface area contributed by atoms with Gasteiger partial charge in [-0.05, 0) is 119 Å². The van der Waals surface area contributed by atoms with Crippen molar-refractivity contribution in [3.63, 3.8) is 0 Å². The fourth-order valence-corrected chi connectivity index (χ4v) is 7.91. The SMILES string of the molecule is C\C=C/C=C(C)\C(=C\C)OP(=O)(Oc1cccc(OP(=O)(Oc2c(C)cccc2C)Oc2c(C)cccc2C)c1)Oc1c(C)cccc1C. The number of phosphoric ester groups is 2. The second kappa shape index (κ2) is 16.2. The summed E-state index contributed by atoms with van der Waals surface area (Å²) in [4.78, 5) is 0. The Morgan fingerprint density at radius 1 is 0.551 bits per heavy atom. The van der Waals surface area contributed by atoms with Crippen LogP contribution in [0, 0.1) is 41.5 Å². The Bertz CT molecular complexity index is 1870. The van der Waals surface area contributed by atoms with Gasteiger partial charge in [-0.3, -0.25) is 0 Å². The summed E-state index contributed by atoms with van der Waals surface area (Å²) >= 11 is 0. The summed E-state index contributed by atoms with van der Waals surface area (Å²) in [6, 6.07) is 22.9. The summed E-state index contributed by atoms with van der Waals surface area (Å²) in [5, 5.41) is 0. The summed E-state index contributed by atoms with van der Waals surface area (Å²) in [5.74, 6) is 1.59. The molecular formula is C39H44O8P2. The van der Waals surface area contributed by atoms with E-state index in [-0.39, 0.29) is 11.5 Å². The van der Waals surface area contributed by atoms with Gasteiger partial charge in [-0.2, -0.15) is 9.13 Å². The minimum atomic E-state index is -4.40. The van der Waals surface area contributed by atoms with E-state index in [9.17, 15) is 9.13 Å². The average molecular weight is 703 g/mol. The molecule has 0 fully saturated rings. The molecule has 4 aromatic carbocycles. The molecule has 49 heavy (non-hydrogen) atoms. The Balaban J connectivity index is 1.74. The van der Waals surface area contributed by atoms with Crippen LogP contribution in [0.1, 0.15) is 54.2 Å². The molecule has 0 aromatic heterocycles. The molecule has 0 saturated heterocycles. The lowest BCUT2D eigenvalue weighted by Crippen LogP contribution is -2.10. The monoisotopic (exact) mass is 702 g/mol. The van der Waals surface area contributed by atoms with Gasteiger partial charge in [-0.1, -0.05) is 78.9 Å². The maximum atomic E-state index is 14.6. The summed E-state index contributed by atoms with van der Waals surface area (Å²) in [6.07, 6.45) is 7.24. The summed E-state index contributed by atoms with van der Waals surface area (Å²) in [5.41, 5.74) is 5.23. The first-order valence-electron chi connectivity index (χ1n) is 15.9. The highest BCUT2D eigenvalue weighted by molar-refractivity contribution is 7.50. The van der Waals surface area contributed by atoms with Crippen molar-refractivity contribution in [1.29, 1.82) is 0 Å². The van der Waals surface area contributed by atoms with Crippen LogP contribution in [-0.4, -0.2) is 0 Å². The zero-order chi connectivity index (χ0) is 35.8. The standard InChI is InChI=1S/C39H44O8P2/c1-10-12-17-27(3)36(11-2)44-48(40,45-37-28(4)18-13-19-29(37)5)42-34-24-16-25-35(26-34)43-49(41,46-38-30(6)20-14-21-31(38)7)47-39-32(8)22-15-23-33(39)9/h10-26H,1-9H3/b12-10-,27-17-,36-11-. The van der Waals surface area contributed by atoms with E-state index >= 15 is 0 Å². The third kappa shape index (κ3) is 9.72. The van der Waals surface area contributed by atoms with Crippen molar-refractivity contribution < 1.29 is 36.3 Å². The predicted molar refractivity (Wildman–Crippen MR) is 196 cm³/mol. The smallest absolute Gasteiger partial charge is 0.386 e. The van der Waals surface area contributed by atoms with Gasteiger partial charge in [0.2, 0.25) is 0 Å². The lowest BCUT2D eigenvalue weighted by atomic mass is 10.1. The molecule has 4 aromatic rings. The van der Waals surface area contributed by atoms with E-state index in [2.05, 4.69) is 0 Å². The van der Waals surface area contributed by atoms with Crippen LogP contribution in [0.2, 0.25) is 0 Å². The quantitative estimate of drug-likeness (QED) is 0.0729. The zero-order valence-electron chi connectivity index (χ0n) is 29.5. The Labute approximate surface area is 290 Å². The topological polar surface area (TPSA) is 89.5 Å². The van der Waals surface area contributed by atoms with Crippen molar-refractivity contribution in [3.8, 4) is 28.7 Å². The molecule has 0 amide bonds. The third-order valence-corrected chi connectivity index (χ3v) is 9.98. The van der Waals surface area contributed by atoms with Gasteiger partial charge < -0.3 is 27.1 Å². The molecule has 258 valence electrons. The van der Waals surface area contributed by atoms with Crippen LogP contribution in [0.3, 0.4) is 0 Å². The van der Waals surface area contributed by atoms with Crippen LogP contribution in [0.15, 0.2) is 114 Å². The number of hydrogen-bond donors (Lipinski definition) is 0. The Hall–Kier alpha value is -4.64. The highest BCUT2D eigenvalue weighted by Gasteiger charge is 2.37. The van der Waals surface area contributed by atoms with Gasteiger partial charge in [0.1, 0.15) is 34.5 Å². The second-order valence-electron chi connectivity index (χ2n) is 11.6. The first kappa shape index (κ1) is 37.2. The molecule has 0 bridgehead atoms. The Morgan fingerprint density at radius 2 is 0.918 bits per heavy atom. The number of benzene rings is 4. The molecule has 4 rings (SSSR count). The number of aryl methyl sites for hydroxylation is 6. The number of phosphoric acid groups is 2. The molecule has 0 N–H and O–H groups in total. The first-order valence-corrected chi connectivity index (χ1v) is 18.8. The van der Waals surface area contributed by atoms with Gasteiger partial charge in [-0.25, -0.2) is 0 Å². The van der Waals surface area contributed by atoms with Crippen molar-refractivity contribution in [2.45, 2.75) is 62.3 Å². The number of para-hydroxylation sites is 3. The molecule has 0 aliphatic heterocycles. The number of rotatable bonds is 14. The van der Waals surface area contributed by atoms with Crippen LogP contribution in [-0.2, 0) is 13.7 Å². The highest BCUT2D eigenvalue weighted by atomic mass is 31.2. The van der Waals surface area contributed by atoms with Crippen molar-refractivity contribution in [3.05, 3.63) is 148 Å². The van der Waals surface area contributed by atoms with Crippen LogP contribution in [0.4, 0.5) is 0 Å². The maximum absolute atomic E-state index is 14.6. The van der Waals surface area contributed by atoms with Crippen LogP contribution >= 0.6 is 15.6 Å². The summed E-state index contributed by atoms with van der Waals surface area (Å²) in [6.45, 7) is 16.6. The molecular weight excluding hydrogens is 658 g/mol. The van der Waals surface area contributed by atoms with E-state index in [0.717, 1.165) is 33.4 Å². The average Bonchev–Trinajstić information content (AvgIpc) is 3.04. The first-order chi connectivity index (χ1) is 23.3. The lowest BCUT2D eigenvalue weighted by Gasteiger charge is -2.24. The molecule has 0 aliphatic carbocycles. The molecule has 10 heteroatoms. The van der Waals surface area contributed by atoms with Crippen molar-refractivity contribution in [2.75, 3.05) is 0 Å². The van der Waals surface area contributed by atoms with E-state index in [1.165, 1.54) is 6.07 Å². The zero-order valence-corrected chi connectivity index (χ0v) is 31.3. The lowest BCUT2D eigenvalue weighted by molar-refractivity contribution is 0.258. The van der Waals surface area contributed by atoms with Crippen molar-refractivity contribution in [1.82, 2.24) is 0 Å². The fourth-order valence-electron chi connectivity index (χ4n) is 4.92. The van der Waals surface area contributed by atoms with Crippen LogP contribution in [0.5, 0.6) is 28.7 Å². The number of allylic oxidation sites excluding steroid dienone is 5. The van der Waals surface area contributed by atoms with E-state index in [1.54, 1.807) is 31.2 Å². The van der Waals surface area contributed by atoms with E-state index < -0.39 is 15.6 Å². The molecule has 0 radical (unpaired) electrons. The Kier molecular flexibility index (Phi) is 12.3.